The molecule has 1 heterocycles. The van der Waals surface area contributed by atoms with Crippen LogP contribution in [0.5, 0.6) is 0 Å². The minimum absolute atomic E-state index is 0.245. The van der Waals surface area contributed by atoms with Crippen molar-refractivity contribution in [1.29, 1.82) is 0 Å². The Morgan fingerprint density at radius 1 is 1.14 bits per heavy atom. The minimum atomic E-state index is -1.62. The van der Waals surface area contributed by atoms with Crippen molar-refractivity contribution in [2.24, 2.45) is 0 Å². The van der Waals surface area contributed by atoms with Gasteiger partial charge in [-0.25, -0.2) is 13.2 Å². The normalized spacial score (nSPS) is 13.7. The highest BCUT2D eigenvalue weighted by molar-refractivity contribution is 5.94. The number of anilines is 1. The molecule has 0 aliphatic heterocycles. The second-order valence-electron chi connectivity index (χ2n) is 4.84. The van der Waals surface area contributed by atoms with Gasteiger partial charge in [0.05, 0.1) is 24.0 Å². The Balaban J connectivity index is 2.01. The third-order valence-corrected chi connectivity index (χ3v) is 3.16. The van der Waals surface area contributed by atoms with E-state index in [0.717, 1.165) is 12.1 Å². The highest BCUT2D eigenvalue weighted by Crippen LogP contribution is 2.20. The number of benzene rings is 1. The molecule has 0 aliphatic rings. The standard InChI is InChI=1S/C15H15F3N2O2/c1-8(12-4-3-7-22-12)19-9(2)15(21)20-11-6-5-10(16)13(17)14(11)18/h3-9,19H,1-2H3,(H,20,21)/t8-,9+/m1/s1. The van der Waals surface area contributed by atoms with Crippen LogP contribution in [0.25, 0.3) is 0 Å². The number of furan rings is 1. The first-order valence-corrected chi connectivity index (χ1v) is 6.64. The third-order valence-electron chi connectivity index (χ3n) is 3.16. The largest absolute Gasteiger partial charge is 0.468 e. The molecule has 4 nitrogen and oxygen atoms in total. The van der Waals surface area contributed by atoms with Crippen molar-refractivity contribution < 1.29 is 22.4 Å². The average Bonchev–Trinajstić information content (AvgIpc) is 3.02. The van der Waals surface area contributed by atoms with Gasteiger partial charge in [-0.05, 0) is 38.1 Å². The molecular formula is C15H15F3N2O2. The Labute approximate surface area is 125 Å². The van der Waals surface area contributed by atoms with Gasteiger partial charge in [-0.15, -0.1) is 0 Å². The maximum Gasteiger partial charge on any atom is 0.241 e. The van der Waals surface area contributed by atoms with Gasteiger partial charge in [0.1, 0.15) is 5.76 Å². The molecule has 0 saturated carbocycles. The van der Waals surface area contributed by atoms with Gasteiger partial charge < -0.3 is 9.73 Å². The summed E-state index contributed by atoms with van der Waals surface area (Å²) in [6, 6.07) is 4.23. The molecule has 0 fully saturated rings. The summed E-state index contributed by atoms with van der Waals surface area (Å²) in [6.45, 7) is 3.35. The molecule has 2 aromatic rings. The van der Waals surface area contributed by atoms with Crippen molar-refractivity contribution in [3.63, 3.8) is 0 Å². The molecule has 0 radical (unpaired) electrons. The molecule has 2 atom stereocenters. The number of rotatable bonds is 5. The van der Waals surface area contributed by atoms with Crippen LogP contribution in [-0.2, 0) is 4.79 Å². The molecular weight excluding hydrogens is 297 g/mol. The first-order valence-electron chi connectivity index (χ1n) is 6.64. The fourth-order valence-electron chi connectivity index (χ4n) is 1.93. The first-order chi connectivity index (χ1) is 10.4. The van der Waals surface area contributed by atoms with Gasteiger partial charge in [0.15, 0.2) is 17.5 Å². The van der Waals surface area contributed by atoms with Crippen molar-refractivity contribution in [3.05, 3.63) is 53.7 Å². The highest BCUT2D eigenvalue weighted by Gasteiger charge is 2.20. The van der Waals surface area contributed by atoms with Gasteiger partial charge in [0.2, 0.25) is 5.91 Å². The Morgan fingerprint density at radius 2 is 1.86 bits per heavy atom. The lowest BCUT2D eigenvalue weighted by atomic mass is 10.2. The summed E-state index contributed by atoms with van der Waals surface area (Å²) >= 11 is 0. The van der Waals surface area contributed by atoms with Crippen molar-refractivity contribution in [1.82, 2.24) is 5.32 Å². The molecule has 1 aromatic heterocycles. The zero-order chi connectivity index (χ0) is 16.3. The van der Waals surface area contributed by atoms with Gasteiger partial charge in [-0.3, -0.25) is 10.1 Å². The van der Waals surface area contributed by atoms with Gasteiger partial charge in [0.25, 0.3) is 0 Å². The summed E-state index contributed by atoms with van der Waals surface area (Å²) in [6.07, 6.45) is 1.51. The van der Waals surface area contributed by atoms with Crippen LogP contribution in [0.4, 0.5) is 18.9 Å². The monoisotopic (exact) mass is 312 g/mol. The van der Waals surface area contributed by atoms with E-state index in [1.54, 1.807) is 26.0 Å². The first kappa shape index (κ1) is 16.1. The SMILES string of the molecule is C[C@H](N[C@H](C)c1ccco1)C(=O)Nc1ccc(F)c(F)c1F. The van der Waals surface area contributed by atoms with E-state index in [4.69, 9.17) is 4.42 Å². The number of hydrogen-bond acceptors (Lipinski definition) is 3. The van der Waals surface area contributed by atoms with Crippen molar-refractivity contribution in [2.45, 2.75) is 25.9 Å². The second kappa shape index (κ2) is 6.65. The van der Waals surface area contributed by atoms with Crippen LogP contribution in [0.2, 0.25) is 0 Å². The molecule has 0 saturated heterocycles. The maximum atomic E-state index is 13.5. The van der Waals surface area contributed by atoms with Crippen LogP contribution >= 0.6 is 0 Å². The van der Waals surface area contributed by atoms with Gasteiger partial charge in [-0.1, -0.05) is 0 Å². The molecule has 22 heavy (non-hydrogen) atoms. The molecule has 1 aromatic carbocycles. The van der Waals surface area contributed by atoms with E-state index in [9.17, 15) is 18.0 Å². The smallest absolute Gasteiger partial charge is 0.241 e. The molecule has 0 spiro atoms. The van der Waals surface area contributed by atoms with Gasteiger partial charge in [0, 0.05) is 0 Å². The average molecular weight is 312 g/mol. The number of carbonyl (C=O) groups is 1. The number of amides is 1. The fraction of sp³-hybridized carbons (Fsp3) is 0.267. The Kier molecular flexibility index (Phi) is 4.87. The summed E-state index contributed by atoms with van der Waals surface area (Å²) in [7, 11) is 0. The fourth-order valence-corrected chi connectivity index (χ4v) is 1.93. The van der Waals surface area contributed by atoms with Crippen molar-refractivity contribution in [2.75, 3.05) is 5.32 Å². The summed E-state index contributed by atoms with van der Waals surface area (Å²) < 4.78 is 44.6. The molecule has 7 heteroatoms. The predicted octanol–water partition coefficient (Wildman–Crippen LogP) is 3.37. The van der Waals surface area contributed by atoms with E-state index in [-0.39, 0.29) is 6.04 Å². The zero-order valence-corrected chi connectivity index (χ0v) is 12.0. The molecule has 2 N–H and O–H groups in total. The van der Waals surface area contributed by atoms with Crippen LogP contribution in [0.3, 0.4) is 0 Å². The molecule has 0 unspecified atom stereocenters. The second-order valence-corrected chi connectivity index (χ2v) is 4.84. The van der Waals surface area contributed by atoms with Crippen LogP contribution in [-0.4, -0.2) is 11.9 Å². The van der Waals surface area contributed by atoms with Crippen LogP contribution in [0.15, 0.2) is 34.9 Å². The van der Waals surface area contributed by atoms with E-state index >= 15 is 0 Å². The molecule has 0 bridgehead atoms. The summed E-state index contributed by atoms with van der Waals surface area (Å²) in [5.74, 6) is -4.31. The minimum Gasteiger partial charge on any atom is -0.468 e. The van der Waals surface area contributed by atoms with E-state index < -0.39 is 35.1 Å². The lowest BCUT2D eigenvalue weighted by Gasteiger charge is -2.18. The van der Waals surface area contributed by atoms with E-state index in [1.165, 1.54) is 6.26 Å². The van der Waals surface area contributed by atoms with Crippen LogP contribution < -0.4 is 10.6 Å². The van der Waals surface area contributed by atoms with Crippen molar-refractivity contribution in [3.8, 4) is 0 Å². The molecule has 1 amide bonds. The lowest BCUT2D eigenvalue weighted by Crippen LogP contribution is -2.39. The number of nitrogens with one attached hydrogen (secondary N) is 2. The van der Waals surface area contributed by atoms with Crippen molar-refractivity contribution >= 4 is 11.6 Å². The predicted molar refractivity (Wildman–Crippen MR) is 74.7 cm³/mol. The van der Waals surface area contributed by atoms with E-state index in [2.05, 4.69) is 10.6 Å². The molecule has 0 aliphatic carbocycles. The summed E-state index contributed by atoms with van der Waals surface area (Å²) in [5, 5.41) is 5.17. The number of halogens is 3. The molecule has 118 valence electrons. The lowest BCUT2D eigenvalue weighted by molar-refractivity contribution is -0.118. The topological polar surface area (TPSA) is 54.3 Å². The number of hydrogen-bond donors (Lipinski definition) is 2. The summed E-state index contributed by atoms with van der Waals surface area (Å²) in [5.41, 5.74) is -0.414. The summed E-state index contributed by atoms with van der Waals surface area (Å²) in [4.78, 5) is 12.0. The van der Waals surface area contributed by atoms with E-state index in [0.29, 0.717) is 5.76 Å². The van der Waals surface area contributed by atoms with Crippen LogP contribution in [0, 0.1) is 17.5 Å². The number of carbonyl (C=O) groups excluding carboxylic acids is 1. The Morgan fingerprint density at radius 3 is 2.50 bits per heavy atom. The zero-order valence-electron chi connectivity index (χ0n) is 12.0. The highest BCUT2D eigenvalue weighted by atomic mass is 19.2. The van der Waals surface area contributed by atoms with Gasteiger partial charge >= 0.3 is 0 Å². The Bertz CT molecular complexity index is 659. The maximum absolute atomic E-state index is 13.5. The molecule has 2 rings (SSSR count). The van der Waals surface area contributed by atoms with Gasteiger partial charge in [-0.2, -0.15) is 0 Å². The quantitative estimate of drug-likeness (QED) is 0.832. The van der Waals surface area contributed by atoms with E-state index in [1.807, 2.05) is 0 Å². The third kappa shape index (κ3) is 3.48. The van der Waals surface area contributed by atoms with Crippen LogP contribution in [0.1, 0.15) is 25.6 Å². The Hall–Kier alpha value is -2.28.